The summed E-state index contributed by atoms with van der Waals surface area (Å²) in [6, 6.07) is 1.94. The number of hydrogen-bond donors (Lipinski definition) is 0. The Kier molecular flexibility index (Phi) is 2.97. The fraction of sp³-hybridized carbons (Fsp3) is 0.636. The summed E-state index contributed by atoms with van der Waals surface area (Å²) in [5.74, 6) is -0.137. The molecule has 0 aromatic carbocycles. The van der Waals surface area contributed by atoms with Crippen LogP contribution in [-0.4, -0.2) is 18.0 Å². The molecule has 15 heavy (non-hydrogen) atoms. The van der Waals surface area contributed by atoms with Crippen LogP contribution in [0.4, 0.5) is 0 Å². The Bertz CT molecular complexity index is 348. The van der Waals surface area contributed by atoms with Crippen LogP contribution in [0, 0.1) is 17.2 Å². The van der Waals surface area contributed by atoms with Gasteiger partial charge in [-0.15, -0.1) is 11.6 Å². The number of halogens is 1. The van der Waals surface area contributed by atoms with Crippen molar-refractivity contribution in [2.75, 3.05) is 6.61 Å². The maximum Gasteiger partial charge on any atom is 0.349 e. The fourth-order valence-corrected chi connectivity index (χ4v) is 2.51. The molecule has 0 saturated heterocycles. The van der Waals surface area contributed by atoms with Crippen LogP contribution in [0.5, 0.6) is 0 Å². The number of cyclic esters (lactones) is 1. The molecule has 1 aliphatic heterocycles. The lowest BCUT2D eigenvalue weighted by Gasteiger charge is -2.25. The van der Waals surface area contributed by atoms with Crippen molar-refractivity contribution < 1.29 is 9.53 Å². The van der Waals surface area contributed by atoms with Gasteiger partial charge in [0.1, 0.15) is 18.2 Å². The average molecular weight is 226 g/mol. The summed E-state index contributed by atoms with van der Waals surface area (Å²) >= 11 is 6.01. The van der Waals surface area contributed by atoms with Crippen molar-refractivity contribution in [1.29, 1.82) is 5.26 Å². The highest BCUT2D eigenvalue weighted by atomic mass is 35.5. The highest BCUT2D eigenvalue weighted by Crippen LogP contribution is 2.35. The molecule has 3 nitrogen and oxygen atoms in total. The lowest BCUT2D eigenvalue weighted by molar-refractivity contribution is -0.135. The lowest BCUT2D eigenvalue weighted by Crippen LogP contribution is -2.17. The van der Waals surface area contributed by atoms with Crippen LogP contribution in [-0.2, 0) is 9.53 Å². The Morgan fingerprint density at radius 2 is 2.00 bits per heavy atom. The van der Waals surface area contributed by atoms with Gasteiger partial charge in [0.2, 0.25) is 0 Å². The molecular weight excluding hydrogens is 214 g/mol. The Labute approximate surface area is 93.7 Å². The van der Waals surface area contributed by atoms with Crippen molar-refractivity contribution in [3.63, 3.8) is 0 Å². The zero-order valence-corrected chi connectivity index (χ0v) is 9.09. The first-order chi connectivity index (χ1) is 7.22. The van der Waals surface area contributed by atoms with E-state index in [1.165, 1.54) is 0 Å². The van der Waals surface area contributed by atoms with Crippen LogP contribution in [0.2, 0.25) is 0 Å². The number of hydrogen-bond acceptors (Lipinski definition) is 3. The summed E-state index contributed by atoms with van der Waals surface area (Å²) in [7, 11) is 0. The van der Waals surface area contributed by atoms with E-state index in [9.17, 15) is 4.79 Å². The van der Waals surface area contributed by atoms with Crippen LogP contribution < -0.4 is 0 Å². The van der Waals surface area contributed by atoms with Gasteiger partial charge in [-0.2, -0.15) is 5.26 Å². The van der Waals surface area contributed by atoms with Gasteiger partial charge in [0, 0.05) is 5.38 Å². The van der Waals surface area contributed by atoms with E-state index >= 15 is 0 Å². The second-order valence-corrected chi connectivity index (χ2v) is 4.65. The number of nitriles is 1. The molecule has 0 radical (unpaired) electrons. The third-order valence-corrected chi connectivity index (χ3v) is 3.58. The third kappa shape index (κ3) is 2.00. The van der Waals surface area contributed by atoms with Crippen LogP contribution in [0.25, 0.3) is 0 Å². The Hall–Kier alpha value is -1.01. The molecular formula is C11H12ClNO2. The van der Waals surface area contributed by atoms with Crippen LogP contribution in [0.3, 0.4) is 0 Å². The predicted octanol–water partition coefficient (Wildman–Crippen LogP) is 2.16. The quantitative estimate of drug-likeness (QED) is 0.508. The molecule has 0 spiro atoms. The normalized spacial score (nSPS) is 31.3. The number of alkyl halides is 1. The van der Waals surface area contributed by atoms with E-state index in [0.29, 0.717) is 12.5 Å². The molecule has 0 atom stereocenters. The van der Waals surface area contributed by atoms with E-state index in [0.717, 1.165) is 31.3 Å². The van der Waals surface area contributed by atoms with E-state index in [1.807, 2.05) is 6.07 Å². The first-order valence-corrected chi connectivity index (χ1v) is 5.60. The monoisotopic (exact) mass is 225 g/mol. The number of nitrogens with zero attached hydrogens (tertiary/aromatic N) is 1. The number of ether oxygens (including phenoxy) is 1. The number of carbonyl (C=O) groups excluding carboxylic acids is 1. The van der Waals surface area contributed by atoms with Gasteiger partial charge in [-0.1, -0.05) is 0 Å². The molecule has 1 aliphatic carbocycles. The second kappa shape index (κ2) is 4.24. The predicted molar refractivity (Wildman–Crippen MR) is 55.2 cm³/mol. The average Bonchev–Trinajstić information content (AvgIpc) is 2.61. The summed E-state index contributed by atoms with van der Waals surface area (Å²) in [6.45, 7) is 0.305. The molecule has 0 aromatic rings. The fourth-order valence-electron chi connectivity index (χ4n) is 2.26. The van der Waals surface area contributed by atoms with Crippen molar-refractivity contribution in [2.24, 2.45) is 5.92 Å². The van der Waals surface area contributed by atoms with Crippen LogP contribution in [0.1, 0.15) is 25.7 Å². The second-order valence-electron chi connectivity index (χ2n) is 4.04. The molecule has 1 fully saturated rings. The van der Waals surface area contributed by atoms with Crippen molar-refractivity contribution in [1.82, 2.24) is 0 Å². The molecule has 0 N–H and O–H groups in total. The standard InChI is InChI=1S/C11H12ClNO2/c12-8-3-1-7(2-4-8)10-6-15-11(14)9(10)5-13/h7-8H,1-4,6H2. The van der Waals surface area contributed by atoms with Gasteiger partial charge in [-0.25, -0.2) is 4.79 Å². The largest absolute Gasteiger partial charge is 0.457 e. The lowest BCUT2D eigenvalue weighted by atomic mass is 9.82. The molecule has 2 rings (SSSR count). The van der Waals surface area contributed by atoms with Gasteiger partial charge in [0.05, 0.1) is 0 Å². The van der Waals surface area contributed by atoms with Gasteiger partial charge in [0.25, 0.3) is 0 Å². The zero-order valence-electron chi connectivity index (χ0n) is 8.33. The minimum atomic E-state index is -0.458. The van der Waals surface area contributed by atoms with Gasteiger partial charge in [-0.05, 0) is 37.2 Å². The van der Waals surface area contributed by atoms with Crippen molar-refractivity contribution in [2.45, 2.75) is 31.1 Å². The Morgan fingerprint density at radius 1 is 1.33 bits per heavy atom. The highest BCUT2D eigenvalue weighted by molar-refractivity contribution is 6.20. The molecule has 0 aromatic heterocycles. The number of esters is 1. The first-order valence-electron chi connectivity index (χ1n) is 5.16. The van der Waals surface area contributed by atoms with Crippen LogP contribution >= 0.6 is 11.6 Å². The summed E-state index contributed by atoms with van der Waals surface area (Å²) in [5.41, 5.74) is 1.12. The van der Waals surface area contributed by atoms with Gasteiger partial charge in [-0.3, -0.25) is 0 Å². The van der Waals surface area contributed by atoms with Crippen LogP contribution in [0.15, 0.2) is 11.1 Å². The zero-order chi connectivity index (χ0) is 10.8. The molecule has 1 heterocycles. The third-order valence-electron chi connectivity index (χ3n) is 3.15. The Balaban J connectivity index is 2.14. The summed E-state index contributed by atoms with van der Waals surface area (Å²) < 4.78 is 4.88. The van der Waals surface area contributed by atoms with E-state index < -0.39 is 5.97 Å². The van der Waals surface area contributed by atoms with Gasteiger partial charge < -0.3 is 4.74 Å². The van der Waals surface area contributed by atoms with E-state index in [4.69, 9.17) is 21.6 Å². The summed E-state index contributed by atoms with van der Waals surface area (Å²) in [6.07, 6.45) is 3.85. The molecule has 80 valence electrons. The number of carbonyl (C=O) groups is 1. The maximum absolute atomic E-state index is 11.2. The van der Waals surface area contributed by atoms with Crippen molar-refractivity contribution in [3.8, 4) is 6.07 Å². The van der Waals surface area contributed by atoms with Crippen molar-refractivity contribution in [3.05, 3.63) is 11.1 Å². The molecule has 1 saturated carbocycles. The minimum absolute atomic E-state index is 0.230. The van der Waals surface area contributed by atoms with Crippen molar-refractivity contribution >= 4 is 17.6 Å². The van der Waals surface area contributed by atoms with E-state index in [2.05, 4.69) is 0 Å². The number of rotatable bonds is 1. The summed E-state index contributed by atoms with van der Waals surface area (Å²) in [4.78, 5) is 11.2. The van der Waals surface area contributed by atoms with Gasteiger partial charge >= 0.3 is 5.97 Å². The summed E-state index contributed by atoms with van der Waals surface area (Å²) in [5, 5.41) is 9.11. The molecule has 0 bridgehead atoms. The minimum Gasteiger partial charge on any atom is -0.457 e. The molecule has 4 heteroatoms. The van der Waals surface area contributed by atoms with E-state index in [1.54, 1.807) is 0 Å². The first kappa shape index (κ1) is 10.5. The molecule has 0 unspecified atom stereocenters. The Morgan fingerprint density at radius 3 is 2.60 bits per heavy atom. The van der Waals surface area contributed by atoms with Gasteiger partial charge in [0.15, 0.2) is 0 Å². The maximum atomic E-state index is 11.2. The molecule has 0 amide bonds. The smallest absolute Gasteiger partial charge is 0.349 e. The SMILES string of the molecule is N#CC1=C(C2CCC(Cl)CC2)COC1=O. The topological polar surface area (TPSA) is 50.1 Å². The van der Waals surface area contributed by atoms with E-state index in [-0.39, 0.29) is 11.0 Å². The molecule has 2 aliphatic rings. The highest BCUT2D eigenvalue weighted by Gasteiger charge is 2.32.